The van der Waals surface area contributed by atoms with Crippen LogP contribution < -0.4 is 14.8 Å². The Bertz CT molecular complexity index is 1050. The fourth-order valence-corrected chi connectivity index (χ4v) is 3.86. The minimum Gasteiger partial charge on any atom is -0.485 e. The lowest BCUT2D eigenvalue weighted by molar-refractivity contribution is -0.139. The number of aromatic nitrogens is 1. The fraction of sp³-hybridized carbons (Fsp3) is 0.227. The molecule has 1 aliphatic rings. The van der Waals surface area contributed by atoms with E-state index in [1.165, 1.54) is 18.9 Å². The Hall–Kier alpha value is -3.39. The third-order valence-corrected chi connectivity index (χ3v) is 5.56. The summed E-state index contributed by atoms with van der Waals surface area (Å²) in [5.41, 5.74) is 2.25. The van der Waals surface area contributed by atoms with Crippen LogP contribution in [0.3, 0.4) is 0 Å². The van der Waals surface area contributed by atoms with Crippen LogP contribution in [-0.2, 0) is 16.0 Å². The summed E-state index contributed by atoms with van der Waals surface area (Å²) < 4.78 is 16.5. The van der Waals surface area contributed by atoms with Crippen molar-refractivity contribution in [3.8, 4) is 16.7 Å². The van der Waals surface area contributed by atoms with Gasteiger partial charge in [-0.3, -0.25) is 9.59 Å². The molecule has 1 amide bonds. The van der Waals surface area contributed by atoms with Gasteiger partial charge in [-0.1, -0.05) is 41.7 Å². The van der Waals surface area contributed by atoms with Crippen LogP contribution in [-0.4, -0.2) is 30.5 Å². The van der Waals surface area contributed by atoms with Crippen molar-refractivity contribution in [3.63, 3.8) is 0 Å². The molecule has 0 spiro atoms. The lowest BCUT2D eigenvalue weighted by Gasteiger charge is -2.26. The number of fused-ring (bicyclic) bond motifs is 1. The number of aryl methyl sites for hydroxylation is 1. The van der Waals surface area contributed by atoms with Crippen LogP contribution in [0.15, 0.2) is 54.7 Å². The van der Waals surface area contributed by atoms with E-state index in [0.717, 1.165) is 35.5 Å². The molecule has 0 unspecified atom stereocenters. The van der Waals surface area contributed by atoms with Crippen molar-refractivity contribution in [1.82, 2.24) is 10.3 Å². The highest BCUT2D eigenvalue weighted by Crippen LogP contribution is 2.37. The number of rotatable bonds is 6. The zero-order chi connectivity index (χ0) is 20.9. The summed E-state index contributed by atoms with van der Waals surface area (Å²) in [5.74, 6) is 0.560. The van der Waals surface area contributed by atoms with Crippen LogP contribution in [0.2, 0.25) is 0 Å². The molecule has 154 valence electrons. The van der Waals surface area contributed by atoms with Gasteiger partial charge in [0.05, 0.1) is 13.3 Å². The third-order valence-electron chi connectivity index (χ3n) is 4.68. The van der Waals surface area contributed by atoms with E-state index in [1.807, 2.05) is 36.4 Å². The molecule has 0 aliphatic carbocycles. The Balaban J connectivity index is 1.39. The van der Waals surface area contributed by atoms with Gasteiger partial charge in [-0.25, -0.2) is 4.98 Å². The SMILES string of the molecule is COC(=O)CNC(=O)c1cnc(Oc2ccc3c(c2)CC[C@@H](c2ccccc2)O3)s1. The first kappa shape index (κ1) is 19.9. The van der Waals surface area contributed by atoms with Gasteiger partial charge < -0.3 is 19.5 Å². The smallest absolute Gasteiger partial charge is 0.325 e. The van der Waals surface area contributed by atoms with Crippen LogP contribution in [0.4, 0.5) is 0 Å². The standard InChI is InChI=1S/C22H20N2O5S/c1-27-20(25)13-23-21(26)19-12-24-22(30-19)28-16-8-10-18-15(11-16)7-9-17(29-18)14-5-3-2-4-6-14/h2-6,8,10-12,17H,7,9,13H2,1H3,(H,23,26)/t17-/m0/s1. The van der Waals surface area contributed by atoms with Gasteiger partial charge in [-0.2, -0.15) is 0 Å². The van der Waals surface area contributed by atoms with Gasteiger partial charge in [0.1, 0.15) is 29.0 Å². The van der Waals surface area contributed by atoms with Gasteiger partial charge in [-0.15, -0.1) is 0 Å². The summed E-state index contributed by atoms with van der Waals surface area (Å²) in [6.45, 7) is -0.196. The molecule has 7 nitrogen and oxygen atoms in total. The van der Waals surface area contributed by atoms with Crippen LogP contribution in [0.1, 0.15) is 33.3 Å². The number of esters is 1. The minimum absolute atomic E-state index is 0.0514. The Morgan fingerprint density at radius 3 is 2.87 bits per heavy atom. The van der Waals surface area contributed by atoms with Crippen molar-refractivity contribution in [3.05, 3.63) is 70.7 Å². The van der Waals surface area contributed by atoms with Gasteiger partial charge in [0.2, 0.25) is 0 Å². The van der Waals surface area contributed by atoms with Crippen LogP contribution >= 0.6 is 11.3 Å². The number of nitrogens with zero attached hydrogens (tertiary/aromatic N) is 1. The molecule has 30 heavy (non-hydrogen) atoms. The molecule has 0 saturated heterocycles. The van der Waals surface area contributed by atoms with Gasteiger partial charge in [0.15, 0.2) is 0 Å². The van der Waals surface area contributed by atoms with Crippen molar-refractivity contribution >= 4 is 23.2 Å². The number of hydrogen-bond acceptors (Lipinski definition) is 7. The molecule has 1 aromatic heterocycles. The topological polar surface area (TPSA) is 86.8 Å². The first-order valence-corrected chi connectivity index (χ1v) is 10.3. The van der Waals surface area contributed by atoms with Gasteiger partial charge in [0.25, 0.3) is 11.1 Å². The van der Waals surface area contributed by atoms with Gasteiger partial charge in [0, 0.05) is 0 Å². The maximum absolute atomic E-state index is 12.0. The quantitative estimate of drug-likeness (QED) is 0.604. The third kappa shape index (κ3) is 4.60. The highest BCUT2D eigenvalue weighted by Gasteiger charge is 2.22. The highest BCUT2D eigenvalue weighted by molar-refractivity contribution is 7.15. The summed E-state index contributed by atoms with van der Waals surface area (Å²) in [6, 6.07) is 15.9. The molecule has 1 aliphatic heterocycles. The molecule has 0 saturated carbocycles. The fourth-order valence-electron chi connectivity index (χ4n) is 3.15. The zero-order valence-corrected chi connectivity index (χ0v) is 17.1. The van der Waals surface area contributed by atoms with Crippen LogP contribution in [0, 0.1) is 0 Å². The number of ether oxygens (including phenoxy) is 3. The van der Waals surface area contributed by atoms with E-state index < -0.39 is 11.9 Å². The van der Waals surface area contributed by atoms with E-state index in [-0.39, 0.29) is 12.6 Å². The summed E-state index contributed by atoms with van der Waals surface area (Å²) in [4.78, 5) is 27.7. The first-order chi connectivity index (χ1) is 14.6. The predicted octanol–water partition coefficient (Wildman–Crippen LogP) is 3.90. The first-order valence-electron chi connectivity index (χ1n) is 9.45. The molecule has 1 atom stereocenters. The maximum Gasteiger partial charge on any atom is 0.325 e. The molecule has 0 bridgehead atoms. The summed E-state index contributed by atoms with van der Waals surface area (Å²) in [6.07, 6.45) is 3.24. The van der Waals surface area contributed by atoms with Crippen molar-refractivity contribution in [2.75, 3.05) is 13.7 Å². The lowest BCUT2D eigenvalue weighted by Crippen LogP contribution is -2.29. The van der Waals surface area contributed by atoms with E-state index in [0.29, 0.717) is 15.8 Å². The van der Waals surface area contributed by atoms with Crippen molar-refractivity contribution < 1.29 is 23.8 Å². The van der Waals surface area contributed by atoms with Crippen molar-refractivity contribution in [2.45, 2.75) is 18.9 Å². The summed E-state index contributed by atoms with van der Waals surface area (Å²) in [7, 11) is 1.26. The molecule has 2 heterocycles. The Kier molecular flexibility index (Phi) is 5.94. The predicted molar refractivity (Wildman–Crippen MR) is 111 cm³/mol. The molecule has 1 N–H and O–H groups in total. The van der Waals surface area contributed by atoms with E-state index in [9.17, 15) is 9.59 Å². The van der Waals surface area contributed by atoms with E-state index >= 15 is 0 Å². The van der Waals surface area contributed by atoms with Gasteiger partial charge in [-0.05, 0) is 42.2 Å². The molecule has 4 rings (SSSR count). The molecule has 3 aromatic rings. The number of carbonyl (C=O) groups excluding carboxylic acids is 2. The van der Waals surface area contributed by atoms with Gasteiger partial charge >= 0.3 is 5.97 Å². The lowest BCUT2D eigenvalue weighted by atomic mass is 9.97. The summed E-state index contributed by atoms with van der Waals surface area (Å²) in [5, 5.41) is 2.81. The largest absolute Gasteiger partial charge is 0.485 e. The average Bonchev–Trinajstić information content (AvgIpc) is 3.26. The molecule has 0 fully saturated rings. The Labute approximate surface area is 177 Å². The second-order valence-electron chi connectivity index (χ2n) is 6.68. The molecule has 0 radical (unpaired) electrons. The number of nitrogens with one attached hydrogen (secondary N) is 1. The second kappa shape index (κ2) is 8.96. The number of methoxy groups -OCH3 is 1. The average molecular weight is 424 g/mol. The number of carbonyl (C=O) groups is 2. The zero-order valence-electron chi connectivity index (χ0n) is 16.3. The highest BCUT2D eigenvalue weighted by atomic mass is 32.1. The number of amides is 1. The Morgan fingerprint density at radius 1 is 1.23 bits per heavy atom. The van der Waals surface area contributed by atoms with E-state index in [4.69, 9.17) is 9.47 Å². The Morgan fingerprint density at radius 2 is 2.07 bits per heavy atom. The van der Waals surface area contributed by atoms with Crippen molar-refractivity contribution in [1.29, 1.82) is 0 Å². The number of thiazole rings is 1. The maximum atomic E-state index is 12.0. The normalized spacial score (nSPS) is 14.9. The minimum atomic E-state index is -0.518. The molecule has 2 aromatic carbocycles. The van der Waals surface area contributed by atoms with Crippen molar-refractivity contribution in [2.24, 2.45) is 0 Å². The number of benzene rings is 2. The monoisotopic (exact) mass is 424 g/mol. The molecular weight excluding hydrogens is 404 g/mol. The molecular formula is C22H20N2O5S. The van der Waals surface area contributed by atoms with E-state index in [1.54, 1.807) is 0 Å². The molecule has 8 heteroatoms. The van der Waals surface area contributed by atoms with Crippen LogP contribution in [0.25, 0.3) is 0 Å². The summed E-state index contributed by atoms with van der Waals surface area (Å²) >= 11 is 1.10. The number of hydrogen-bond donors (Lipinski definition) is 1. The van der Waals surface area contributed by atoms with E-state index in [2.05, 4.69) is 27.2 Å². The second-order valence-corrected chi connectivity index (χ2v) is 7.67. The van der Waals surface area contributed by atoms with Crippen LogP contribution in [0.5, 0.6) is 16.7 Å².